The number of benzene rings is 1. The van der Waals surface area contributed by atoms with Crippen LogP contribution in [0, 0.1) is 0 Å². The zero-order chi connectivity index (χ0) is 19.3. The van der Waals surface area contributed by atoms with Gasteiger partial charge in [0, 0.05) is 0 Å². The van der Waals surface area contributed by atoms with Crippen LogP contribution in [0.5, 0.6) is 0 Å². The molecule has 0 aliphatic carbocycles. The fourth-order valence-corrected chi connectivity index (χ4v) is 3.86. The number of thiophene rings is 2. The highest BCUT2D eigenvalue weighted by molar-refractivity contribution is 7.12. The number of H-pyrrole nitrogens is 1. The summed E-state index contributed by atoms with van der Waals surface area (Å²) in [5.74, 6) is 1.81. The molecule has 3 aromatic heterocycles. The molecule has 0 spiro atoms. The number of nitrogens with one attached hydrogen (secondary N) is 1. The van der Waals surface area contributed by atoms with Gasteiger partial charge in [0.2, 0.25) is 0 Å². The van der Waals surface area contributed by atoms with Crippen LogP contribution in [0.2, 0.25) is 0 Å². The van der Waals surface area contributed by atoms with Crippen LogP contribution in [0.3, 0.4) is 0 Å². The zero-order valence-corrected chi connectivity index (χ0v) is 16.5. The van der Waals surface area contributed by atoms with E-state index in [2.05, 4.69) is 20.0 Å². The molecule has 28 heavy (non-hydrogen) atoms. The van der Waals surface area contributed by atoms with Crippen molar-refractivity contribution >= 4 is 40.0 Å². The second kappa shape index (κ2) is 8.20. The number of aromatic amines is 1. The molecule has 0 unspecified atom stereocenters. The van der Waals surface area contributed by atoms with Crippen LogP contribution in [-0.4, -0.2) is 21.6 Å². The standard InChI is InChI=1S/C20H18N6S2/c21-19(16-3-1-9-27-16)24-12-18-23-11-15(26-18)13-5-7-14(8-6-13)25-20(22)17-4-2-10-28-17/h1-11H,12H2,(H2,21,24)(H2,22,25)(H,23,26). The van der Waals surface area contributed by atoms with E-state index in [0.29, 0.717) is 18.2 Å². The van der Waals surface area contributed by atoms with Crippen LogP contribution in [0.25, 0.3) is 11.3 Å². The lowest BCUT2D eigenvalue weighted by molar-refractivity contribution is 0.948. The fraction of sp³-hybridized carbons (Fsp3) is 0.0500. The number of amidine groups is 2. The molecule has 0 fully saturated rings. The number of aromatic nitrogens is 2. The van der Waals surface area contributed by atoms with Crippen molar-refractivity contribution in [3.63, 3.8) is 0 Å². The molecule has 0 saturated heterocycles. The number of rotatable bonds is 6. The maximum atomic E-state index is 6.04. The average Bonchev–Trinajstić information content (AvgIpc) is 3.49. The Balaban J connectivity index is 1.45. The van der Waals surface area contributed by atoms with Gasteiger partial charge in [0.15, 0.2) is 0 Å². The number of hydrogen-bond donors (Lipinski definition) is 3. The van der Waals surface area contributed by atoms with E-state index >= 15 is 0 Å². The average molecular weight is 407 g/mol. The second-order valence-corrected chi connectivity index (χ2v) is 7.84. The van der Waals surface area contributed by atoms with Crippen LogP contribution in [0.1, 0.15) is 15.6 Å². The molecule has 4 aromatic rings. The van der Waals surface area contributed by atoms with Gasteiger partial charge in [0.05, 0.1) is 33.9 Å². The topological polar surface area (TPSA) is 105 Å². The summed E-state index contributed by atoms with van der Waals surface area (Å²) in [6.45, 7) is 0.406. The predicted octanol–water partition coefficient (Wildman–Crippen LogP) is 4.14. The second-order valence-electron chi connectivity index (χ2n) is 5.94. The van der Waals surface area contributed by atoms with Crippen molar-refractivity contribution in [3.05, 3.63) is 81.1 Å². The van der Waals surface area contributed by atoms with Crippen LogP contribution in [0.4, 0.5) is 5.69 Å². The number of hydrogen-bond acceptors (Lipinski definition) is 5. The number of aliphatic imine (C=N–C) groups is 2. The van der Waals surface area contributed by atoms with Crippen LogP contribution in [0.15, 0.2) is 75.5 Å². The van der Waals surface area contributed by atoms with E-state index in [0.717, 1.165) is 32.5 Å². The van der Waals surface area contributed by atoms with Gasteiger partial charge in [-0.3, -0.25) is 4.99 Å². The van der Waals surface area contributed by atoms with Gasteiger partial charge < -0.3 is 16.5 Å². The first-order valence-electron chi connectivity index (χ1n) is 8.55. The third-order valence-corrected chi connectivity index (χ3v) is 5.79. The molecule has 0 amide bonds. The van der Waals surface area contributed by atoms with Crippen molar-refractivity contribution in [3.8, 4) is 11.3 Å². The molecule has 0 aliphatic heterocycles. The molecule has 4 rings (SSSR count). The SMILES string of the molecule is NC(=NCc1ncc(-c2ccc(N=C(N)c3cccs3)cc2)[nH]1)c1cccs1. The lowest BCUT2D eigenvalue weighted by atomic mass is 10.1. The molecule has 0 atom stereocenters. The van der Waals surface area contributed by atoms with Gasteiger partial charge in [-0.2, -0.15) is 0 Å². The molecule has 8 heteroatoms. The molecular formula is C20H18N6S2. The first-order valence-corrected chi connectivity index (χ1v) is 10.3. The minimum absolute atomic E-state index is 0.406. The van der Waals surface area contributed by atoms with Crippen molar-refractivity contribution in [2.75, 3.05) is 0 Å². The van der Waals surface area contributed by atoms with Crippen LogP contribution >= 0.6 is 22.7 Å². The Morgan fingerprint density at radius 2 is 1.61 bits per heavy atom. The van der Waals surface area contributed by atoms with Gasteiger partial charge in [0.25, 0.3) is 0 Å². The van der Waals surface area contributed by atoms with Crippen molar-refractivity contribution in [2.45, 2.75) is 6.54 Å². The Hall–Kier alpha value is -3.23. The van der Waals surface area contributed by atoms with Gasteiger partial charge in [0.1, 0.15) is 17.5 Å². The summed E-state index contributed by atoms with van der Waals surface area (Å²) in [6, 6.07) is 15.7. The highest BCUT2D eigenvalue weighted by atomic mass is 32.1. The van der Waals surface area contributed by atoms with E-state index in [1.807, 2.05) is 59.3 Å². The highest BCUT2D eigenvalue weighted by Gasteiger charge is 2.05. The molecule has 0 radical (unpaired) electrons. The first-order chi connectivity index (χ1) is 13.7. The third kappa shape index (κ3) is 4.19. The van der Waals surface area contributed by atoms with Gasteiger partial charge in [-0.1, -0.05) is 24.3 Å². The first kappa shape index (κ1) is 18.1. The predicted molar refractivity (Wildman–Crippen MR) is 117 cm³/mol. The normalized spacial score (nSPS) is 12.4. The smallest absolute Gasteiger partial charge is 0.141 e. The van der Waals surface area contributed by atoms with Gasteiger partial charge >= 0.3 is 0 Å². The van der Waals surface area contributed by atoms with E-state index in [1.165, 1.54) is 0 Å². The summed E-state index contributed by atoms with van der Waals surface area (Å²) in [6.07, 6.45) is 1.80. The Morgan fingerprint density at radius 1 is 0.929 bits per heavy atom. The van der Waals surface area contributed by atoms with Crippen molar-refractivity contribution < 1.29 is 0 Å². The maximum absolute atomic E-state index is 6.04. The molecule has 6 nitrogen and oxygen atoms in total. The zero-order valence-electron chi connectivity index (χ0n) is 14.9. The third-order valence-electron chi connectivity index (χ3n) is 4.00. The molecule has 0 aliphatic rings. The molecular weight excluding hydrogens is 388 g/mol. The van der Waals surface area contributed by atoms with Crippen LogP contribution < -0.4 is 11.5 Å². The van der Waals surface area contributed by atoms with Crippen LogP contribution in [-0.2, 0) is 6.54 Å². The van der Waals surface area contributed by atoms with E-state index in [9.17, 15) is 0 Å². The van der Waals surface area contributed by atoms with E-state index in [-0.39, 0.29) is 0 Å². The summed E-state index contributed by atoms with van der Waals surface area (Å²) < 4.78 is 0. The monoisotopic (exact) mass is 406 g/mol. The minimum atomic E-state index is 0.406. The van der Waals surface area contributed by atoms with Gasteiger partial charge in [-0.05, 0) is 40.6 Å². The Labute approximate surface area is 170 Å². The summed E-state index contributed by atoms with van der Waals surface area (Å²) in [7, 11) is 0. The van der Waals surface area contributed by atoms with Gasteiger partial charge in [-0.25, -0.2) is 9.98 Å². The summed E-state index contributed by atoms with van der Waals surface area (Å²) in [5, 5.41) is 3.96. The van der Waals surface area contributed by atoms with Crippen molar-refractivity contribution in [1.29, 1.82) is 0 Å². The van der Waals surface area contributed by atoms with Crippen molar-refractivity contribution in [2.24, 2.45) is 21.5 Å². The number of nitrogens with zero attached hydrogens (tertiary/aromatic N) is 3. The minimum Gasteiger partial charge on any atom is -0.383 e. The van der Waals surface area contributed by atoms with Crippen molar-refractivity contribution in [1.82, 2.24) is 9.97 Å². The Morgan fingerprint density at radius 3 is 2.25 bits per heavy atom. The largest absolute Gasteiger partial charge is 0.383 e. The molecule has 1 aromatic carbocycles. The quantitative estimate of drug-likeness (QED) is 0.331. The van der Waals surface area contributed by atoms with Gasteiger partial charge in [-0.15, -0.1) is 22.7 Å². The lowest BCUT2D eigenvalue weighted by Crippen LogP contribution is -2.11. The molecule has 140 valence electrons. The number of nitrogens with two attached hydrogens (primary N) is 2. The lowest BCUT2D eigenvalue weighted by Gasteiger charge is -2.01. The summed E-state index contributed by atoms with van der Waals surface area (Å²) in [5.41, 5.74) is 14.8. The summed E-state index contributed by atoms with van der Waals surface area (Å²) in [4.78, 5) is 18.5. The fourth-order valence-electron chi connectivity index (χ4n) is 2.59. The van der Waals surface area contributed by atoms with E-state index in [1.54, 1.807) is 28.9 Å². The Kier molecular flexibility index (Phi) is 5.31. The van der Waals surface area contributed by atoms with E-state index < -0.39 is 0 Å². The molecule has 0 saturated carbocycles. The van der Waals surface area contributed by atoms with E-state index in [4.69, 9.17) is 11.5 Å². The highest BCUT2D eigenvalue weighted by Crippen LogP contribution is 2.22. The summed E-state index contributed by atoms with van der Waals surface area (Å²) >= 11 is 3.14. The molecule has 0 bridgehead atoms. The maximum Gasteiger partial charge on any atom is 0.141 e. The Bertz CT molecular complexity index is 1090. The molecule has 3 heterocycles. The number of imidazole rings is 1. The molecule has 5 N–H and O–H groups in total.